The number of carbonyl (C=O) groups excluding carboxylic acids is 1. The number of benzene rings is 3. The second-order valence-corrected chi connectivity index (χ2v) is 7.94. The van der Waals surface area contributed by atoms with Crippen molar-refractivity contribution in [2.75, 3.05) is 10.6 Å². The summed E-state index contributed by atoms with van der Waals surface area (Å²) in [7, 11) is 0. The summed E-state index contributed by atoms with van der Waals surface area (Å²) in [6.07, 6.45) is 2.45. The minimum absolute atomic E-state index is 0.0493. The first-order chi connectivity index (χ1) is 17.1. The number of rotatable bonds is 6. The highest BCUT2D eigenvalue weighted by molar-refractivity contribution is 6.05. The summed E-state index contributed by atoms with van der Waals surface area (Å²) in [6.45, 7) is 2.12. The number of hydrogen-bond donors (Lipinski definition) is 2. The van der Waals surface area contributed by atoms with Crippen LogP contribution in [0.4, 0.5) is 17.2 Å². The SMILES string of the molecule is CCc1ccccc1-c1cc(Nc2ccc(NC(=O)c3cc4ccccc4oc3=O)cc2)ncn1. The third-order valence-corrected chi connectivity index (χ3v) is 5.64. The van der Waals surface area contributed by atoms with E-state index in [9.17, 15) is 9.59 Å². The van der Waals surface area contributed by atoms with Crippen LogP contribution in [0.3, 0.4) is 0 Å². The van der Waals surface area contributed by atoms with Gasteiger partial charge in [0.05, 0.1) is 5.69 Å². The number of para-hydroxylation sites is 1. The fourth-order valence-electron chi connectivity index (χ4n) is 3.85. The average molecular weight is 463 g/mol. The topological polar surface area (TPSA) is 97.1 Å². The molecular weight excluding hydrogens is 440 g/mol. The molecule has 0 unspecified atom stereocenters. The van der Waals surface area contributed by atoms with Crippen LogP contribution in [0.25, 0.3) is 22.2 Å². The van der Waals surface area contributed by atoms with Crippen molar-refractivity contribution in [2.45, 2.75) is 13.3 Å². The summed E-state index contributed by atoms with van der Waals surface area (Å²) < 4.78 is 5.25. The van der Waals surface area contributed by atoms with Crippen molar-refractivity contribution in [1.82, 2.24) is 9.97 Å². The third-order valence-electron chi connectivity index (χ3n) is 5.64. The Balaban J connectivity index is 1.31. The molecule has 172 valence electrons. The van der Waals surface area contributed by atoms with Gasteiger partial charge in [0.1, 0.15) is 23.3 Å². The number of fused-ring (bicyclic) bond motifs is 1. The molecule has 1 amide bonds. The van der Waals surface area contributed by atoms with Crippen molar-refractivity contribution in [1.29, 1.82) is 0 Å². The molecule has 35 heavy (non-hydrogen) atoms. The molecule has 2 N–H and O–H groups in total. The Morgan fingerprint density at radius 3 is 2.46 bits per heavy atom. The van der Waals surface area contributed by atoms with Gasteiger partial charge in [0.25, 0.3) is 5.91 Å². The Labute approximate surface area is 201 Å². The summed E-state index contributed by atoms with van der Waals surface area (Å²) in [5, 5.41) is 6.69. The summed E-state index contributed by atoms with van der Waals surface area (Å²) in [5.41, 5.74) is 4.20. The molecule has 0 atom stereocenters. The predicted octanol–water partition coefficient (Wildman–Crippen LogP) is 5.81. The lowest BCUT2D eigenvalue weighted by Gasteiger charge is -2.10. The van der Waals surface area contributed by atoms with Gasteiger partial charge in [-0.25, -0.2) is 14.8 Å². The number of hydrogen-bond acceptors (Lipinski definition) is 6. The fraction of sp³-hybridized carbons (Fsp3) is 0.0714. The molecule has 0 aliphatic carbocycles. The van der Waals surface area contributed by atoms with E-state index in [2.05, 4.69) is 39.7 Å². The first-order valence-electron chi connectivity index (χ1n) is 11.2. The maximum atomic E-state index is 12.7. The molecule has 0 radical (unpaired) electrons. The van der Waals surface area contributed by atoms with Gasteiger partial charge in [0.2, 0.25) is 0 Å². The number of carbonyl (C=O) groups is 1. The second-order valence-electron chi connectivity index (χ2n) is 7.94. The molecular formula is C28H22N4O3. The van der Waals surface area contributed by atoms with E-state index in [1.165, 1.54) is 18.0 Å². The standard InChI is InChI=1S/C28H22N4O3/c1-2-18-7-3-5-9-22(18)24-16-26(30-17-29-24)31-20-11-13-21(14-12-20)32-27(33)23-15-19-8-4-6-10-25(19)35-28(23)34/h3-17H,2H2,1H3,(H,32,33)(H,29,30,31). The zero-order valence-electron chi connectivity index (χ0n) is 19.0. The lowest BCUT2D eigenvalue weighted by molar-refractivity contribution is 0.102. The van der Waals surface area contributed by atoms with E-state index in [4.69, 9.17) is 4.42 Å². The summed E-state index contributed by atoms with van der Waals surface area (Å²) in [6, 6.07) is 25.8. The summed E-state index contributed by atoms with van der Waals surface area (Å²) >= 11 is 0. The summed E-state index contributed by atoms with van der Waals surface area (Å²) in [4.78, 5) is 33.7. The second kappa shape index (κ2) is 9.61. The molecule has 7 heteroatoms. The first-order valence-corrected chi connectivity index (χ1v) is 11.2. The van der Waals surface area contributed by atoms with Crippen molar-refractivity contribution < 1.29 is 9.21 Å². The molecule has 2 heterocycles. The quantitative estimate of drug-likeness (QED) is 0.309. The fourth-order valence-corrected chi connectivity index (χ4v) is 3.85. The van der Waals surface area contributed by atoms with Gasteiger partial charge >= 0.3 is 5.63 Å². The Morgan fingerprint density at radius 2 is 1.63 bits per heavy atom. The van der Waals surface area contributed by atoms with Gasteiger partial charge in [0.15, 0.2) is 0 Å². The van der Waals surface area contributed by atoms with Crippen molar-refractivity contribution in [3.8, 4) is 11.3 Å². The van der Waals surface area contributed by atoms with Crippen LogP contribution in [0.15, 0.2) is 100 Å². The van der Waals surface area contributed by atoms with Crippen molar-refractivity contribution in [3.05, 3.63) is 113 Å². The van der Waals surface area contributed by atoms with E-state index in [-0.39, 0.29) is 5.56 Å². The van der Waals surface area contributed by atoms with Crippen LogP contribution in [0.2, 0.25) is 0 Å². The predicted molar refractivity (Wildman–Crippen MR) is 137 cm³/mol. The molecule has 3 aromatic carbocycles. The van der Waals surface area contributed by atoms with Gasteiger partial charge < -0.3 is 15.1 Å². The minimum atomic E-state index is -0.677. The monoisotopic (exact) mass is 462 g/mol. The Bertz CT molecular complexity index is 1580. The maximum absolute atomic E-state index is 12.7. The Hall–Kier alpha value is -4.78. The van der Waals surface area contributed by atoms with Crippen LogP contribution < -0.4 is 16.3 Å². The molecule has 0 saturated heterocycles. The normalized spacial score (nSPS) is 10.8. The van der Waals surface area contributed by atoms with E-state index in [1.807, 2.05) is 36.4 Å². The van der Waals surface area contributed by atoms with Gasteiger partial charge in [-0.3, -0.25) is 4.79 Å². The highest BCUT2D eigenvalue weighted by Gasteiger charge is 2.14. The number of aryl methyl sites for hydroxylation is 1. The molecule has 0 saturated carbocycles. The molecule has 5 aromatic rings. The molecule has 2 aromatic heterocycles. The van der Waals surface area contributed by atoms with Crippen LogP contribution >= 0.6 is 0 Å². The van der Waals surface area contributed by atoms with E-state index < -0.39 is 11.5 Å². The number of aromatic nitrogens is 2. The molecule has 7 nitrogen and oxygen atoms in total. The maximum Gasteiger partial charge on any atom is 0.349 e. The smallest absolute Gasteiger partial charge is 0.349 e. The number of nitrogens with zero attached hydrogens (tertiary/aromatic N) is 2. The van der Waals surface area contributed by atoms with Gasteiger partial charge in [-0.2, -0.15) is 0 Å². The van der Waals surface area contributed by atoms with Crippen LogP contribution in [0.1, 0.15) is 22.8 Å². The lowest BCUT2D eigenvalue weighted by atomic mass is 10.0. The highest BCUT2D eigenvalue weighted by Crippen LogP contribution is 2.25. The minimum Gasteiger partial charge on any atom is -0.422 e. The van der Waals surface area contributed by atoms with Crippen LogP contribution in [-0.2, 0) is 6.42 Å². The molecule has 0 aliphatic heterocycles. The Morgan fingerprint density at radius 1 is 0.886 bits per heavy atom. The van der Waals surface area contributed by atoms with Gasteiger partial charge in [0, 0.05) is 28.4 Å². The zero-order valence-corrected chi connectivity index (χ0v) is 19.0. The average Bonchev–Trinajstić information content (AvgIpc) is 2.89. The van der Waals surface area contributed by atoms with E-state index in [0.29, 0.717) is 22.5 Å². The van der Waals surface area contributed by atoms with Gasteiger partial charge in [-0.15, -0.1) is 0 Å². The molecule has 5 rings (SSSR count). The Kier molecular flexibility index (Phi) is 6.05. The lowest BCUT2D eigenvalue weighted by Crippen LogP contribution is -2.20. The van der Waals surface area contributed by atoms with Crippen molar-refractivity contribution >= 4 is 34.1 Å². The zero-order chi connectivity index (χ0) is 24.2. The molecule has 0 spiro atoms. The van der Waals surface area contributed by atoms with Crippen LogP contribution in [0, 0.1) is 0 Å². The number of anilines is 3. The van der Waals surface area contributed by atoms with E-state index >= 15 is 0 Å². The van der Waals surface area contributed by atoms with Crippen LogP contribution in [-0.4, -0.2) is 15.9 Å². The van der Waals surface area contributed by atoms with Crippen molar-refractivity contribution in [3.63, 3.8) is 0 Å². The van der Waals surface area contributed by atoms with Gasteiger partial charge in [-0.1, -0.05) is 49.4 Å². The molecule has 0 aliphatic rings. The first kappa shape index (κ1) is 22.0. The third kappa shape index (κ3) is 4.79. The van der Waals surface area contributed by atoms with Crippen molar-refractivity contribution in [2.24, 2.45) is 0 Å². The number of amides is 1. The molecule has 0 fully saturated rings. The number of nitrogens with one attached hydrogen (secondary N) is 2. The highest BCUT2D eigenvalue weighted by atomic mass is 16.4. The summed E-state index contributed by atoms with van der Waals surface area (Å²) in [5.74, 6) is 0.131. The largest absolute Gasteiger partial charge is 0.422 e. The van der Waals surface area contributed by atoms with Gasteiger partial charge in [-0.05, 0) is 48.4 Å². The molecule has 0 bridgehead atoms. The van der Waals surface area contributed by atoms with E-state index in [1.54, 1.807) is 30.3 Å². The van der Waals surface area contributed by atoms with Crippen LogP contribution in [0.5, 0.6) is 0 Å². The van der Waals surface area contributed by atoms with E-state index in [0.717, 1.165) is 23.4 Å².